The summed E-state index contributed by atoms with van der Waals surface area (Å²) < 4.78 is 39.5. The molecule has 0 aliphatic heterocycles. The SMILES string of the molecule is CCNC(Cc1ccc(F)cc1Cl)c1ccc(F)c(F)c1. The highest BCUT2D eigenvalue weighted by Gasteiger charge is 2.15. The van der Waals surface area contributed by atoms with Gasteiger partial charge in [-0.05, 0) is 48.4 Å². The van der Waals surface area contributed by atoms with Crippen LogP contribution in [-0.4, -0.2) is 6.54 Å². The van der Waals surface area contributed by atoms with Crippen molar-refractivity contribution < 1.29 is 13.2 Å². The van der Waals surface area contributed by atoms with Crippen LogP contribution in [0.5, 0.6) is 0 Å². The van der Waals surface area contributed by atoms with Crippen molar-refractivity contribution in [3.05, 3.63) is 70.0 Å². The van der Waals surface area contributed by atoms with E-state index in [9.17, 15) is 13.2 Å². The van der Waals surface area contributed by atoms with E-state index in [4.69, 9.17) is 11.6 Å². The van der Waals surface area contributed by atoms with E-state index in [0.717, 1.165) is 11.6 Å². The summed E-state index contributed by atoms with van der Waals surface area (Å²) in [6.45, 7) is 2.57. The van der Waals surface area contributed by atoms with Crippen LogP contribution in [0.4, 0.5) is 13.2 Å². The Kier molecular flexibility index (Phi) is 5.26. The molecule has 1 atom stereocenters. The van der Waals surface area contributed by atoms with Crippen molar-refractivity contribution in [3.8, 4) is 0 Å². The first-order valence-corrected chi connectivity index (χ1v) is 7.01. The van der Waals surface area contributed by atoms with Gasteiger partial charge in [-0.3, -0.25) is 0 Å². The van der Waals surface area contributed by atoms with Crippen molar-refractivity contribution >= 4 is 11.6 Å². The Morgan fingerprint density at radius 3 is 2.43 bits per heavy atom. The van der Waals surface area contributed by atoms with Crippen LogP contribution in [0, 0.1) is 17.5 Å². The molecule has 5 heteroatoms. The van der Waals surface area contributed by atoms with E-state index in [1.807, 2.05) is 6.92 Å². The molecule has 0 fully saturated rings. The smallest absolute Gasteiger partial charge is 0.159 e. The van der Waals surface area contributed by atoms with Crippen LogP contribution in [0.1, 0.15) is 24.1 Å². The van der Waals surface area contributed by atoms with Gasteiger partial charge in [-0.15, -0.1) is 0 Å². The van der Waals surface area contributed by atoms with Gasteiger partial charge in [-0.2, -0.15) is 0 Å². The van der Waals surface area contributed by atoms with Gasteiger partial charge in [-0.25, -0.2) is 13.2 Å². The predicted octanol–water partition coefficient (Wildman–Crippen LogP) is 4.65. The van der Waals surface area contributed by atoms with Crippen molar-refractivity contribution in [2.24, 2.45) is 0 Å². The van der Waals surface area contributed by atoms with Crippen LogP contribution < -0.4 is 5.32 Å². The first-order valence-electron chi connectivity index (χ1n) is 6.63. The third-order valence-corrected chi connectivity index (χ3v) is 3.59. The van der Waals surface area contributed by atoms with Gasteiger partial charge in [0, 0.05) is 11.1 Å². The summed E-state index contributed by atoms with van der Waals surface area (Å²) in [5, 5.41) is 3.51. The normalized spacial score (nSPS) is 12.4. The van der Waals surface area contributed by atoms with Crippen LogP contribution >= 0.6 is 11.6 Å². The molecule has 0 saturated heterocycles. The van der Waals surface area contributed by atoms with Crippen molar-refractivity contribution in [1.82, 2.24) is 5.32 Å². The first kappa shape index (κ1) is 15.9. The first-order chi connectivity index (χ1) is 10.0. The third-order valence-electron chi connectivity index (χ3n) is 3.24. The molecule has 2 rings (SSSR count). The summed E-state index contributed by atoms with van der Waals surface area (Å²) in [4.78, 5) is 0. The van der Waals surface area contributed by atoms with Gasteiger partial charge >= 0.3 is 0 Å². The largest absolute Gasteiger partial charge is 0.310 e. The topological polar surface area (TPSA) is 12.0 Å². The van der Waals surface area contributed by atoms with E-state index in [2.05, 4.69) is 5.32 Å². The minimum Gasteiger partial charge on any atom is -0.310 e. The second-order valence-electron chi connectivity index (χ2n) is 4.72. The minimum absolute atomic E-state index is 0.229. The van der Waals surface area contributed by atoms with Gasteiger partial charge in [0.25, 0.3) is 0 Å². The number of hydrogen-bond donors (Lipinski definition) is 1. The average molecular weight is 314 g/mol. The summed E-state index contributed by atoms with van der Waals surface area (Å²) in [5.74, 6) is -2.18. The number of likely N-dealkylation sites (N-methyl/N-ethyl adjacent to an activating group) is 1. The molecule has 0 spiro atoms. The molecule has 2 aromatic rings. The molecule has 0 aromatic heterocycles. The van der Waals surface area contributed by atoms with Crippen molar-refractivity contribution in [2.45, 2.75) is 19.4 Å². The fourth-order valence-corrected chi connectivity index (χ4v) is 2.43. The van der Waals surface area contributed by atoms with E-state index >= 15 is 0 Å². The van der Waals surface area contributed by atoms with Gasteiger partial charge in [0.2, 0.25) is 0 Å². The molecule has 0 aliphatic rings. The van der Waals surface area contributed by atoms with E-state index in [1.165, 1.54) is 24.3 Å². The van der Waals surface area contributed by atoms with Crippen molar-refractivity contribution in [2.75, 3.05) is 6.54 Å². The molecule has 2 aromatic carbocycles. The fourth-order valence-electron chi connectivity index (χ4n) is 2.19. The third kappa shape index (κ3) is 3.99. The summed E-state index contributed by atoms with van der Waals surface area (Å²) in [6.07, 6.45) is 0.456. The molecule has 1 N–H and O–H groups in total. The lowest BCUT2D eigenvalue weighted by molar-refractivity contribution is 0.497. The Morgan fingerprint density at radius 1 is 1.05 bits per heavy atom. The summed E-state index contributed by atoms with van der Waals surface area (Å²) in [7, 11) is 0. The molecule has 0 bridgehead atoms. The zero-order chi connectivity index (χ0) is 15.4. The van der Waals surface area contributed by atoms with E-state index < -0.39 is 17.5 Å². The highest BCUT2D eigenvalue weighted by Crippen LogP contribution is 2.25. The van der Waals surface area contributed by atoms with Crippen molar-refractivity contribution in [3.63, 3.8) is 0 Å². The van der Waals surface area contributed by atoms with Gasteiger partial charge in [0.15, 0.2) is 11.6 Å². The van der Waals surface area contributed by atoms with Gasteiger partial charge in [0.1, 0.15) is 5.82 Å². The second-order valence-corrected chi connectivity index (χ2v) is 5.13. The van der Waals surface area contributed by atoms with Crippen molar-refractivity contribution in [1.29, 1.82) is 0 Å². The highest BCUT2D eigenvalue weighted by atomic mass is 35.5. The molecule has 0 heterocycles. The number of benzene rings is 2. The zero-order valence-electron chi connectivity index (χ0n) is 11.5. The maximum absolute atomic E-state index is 13.4. The Morgan fingerprint density at radius 2 is 1.81 bits per heavy atom. The van der Waals surface area contributed by atoms with Crippen LogP contribution in [0.3, 0.4) is 0 Å². The summed E-state index contributed by atoms with van der Waals surface area (Å²) in [6, 6.07) is 7.74. The lowest BCUT2D eigenvalue weighted by Gasteiger charge is -2.19. The van der Waals surface area contributed by atoms with Gasteiger partial charge < -0.3 is 5.32 Å². The lowest BCUT2D eigenvalue weighted by Crippen LogP contribution is -2.23. The zero-order valence-corrected chi connectivity index (χ0v) is 12.2. The summed E-state index contributed by atoms with van der Waals surface area (Å²) >= 11 is 6.02. The highest BCUT2D eigenvalue weighted by molar-refractivity contribution is 6.31. The number of halogens is 4. The number of nitrogens with one attached hydrogen (secondary N) is 1. The molecular weight excluding hydrogens is 299 g/mol. The van der Waals surface area contributed by atoms with Crippen LogP contribution in [0.25, 0.3) is 0 Å². The molecule has 112 valence electrons. The van der Waals surface area contributed by atoms with Gasteiger partial charge in [0.05, 0.1) is 0 Å². The predicted molar refractivity (Wildman–Crippen MR) is 77.9 cm³/mol. The second kappa shape index (κ2) is 6.96. The minimum atomic E-state index is -0.888. The maximum Gasteiger partial charge on any atom is 0.159 e. The van der Waals surface area contributed by atoms with Gasteiger partial charge in [-0.1, -0.05) is 30.7 Å². The molecule has 1 unspecified atom stereocenters. The lowest BCUT2D eigenvalue weighted by atomic mass is 9.98. The molecule has 1 nitrogen and oxygen atoms in total. The van der Waals surface area contributed by atoms with Crippen LogP contribution in [0.15, 0.2) is 36.4 Å². The van der Waals surface area contributed by atoms with E-state index in [-0.39, 0.29) is 6.04 Å². The van der Waals surface area contributed by atoms with E-state index in [0.29, 0.717) is 23.6 Å². The van der Waals surface area contributed by atoms with Crippen LogP contribution in [0.2, 0.25) is 5.02 Å². The molecule has 0 saturated carbocycles. The summed E-state index contributed by atoms with van der Waals surface area (Å²) in [5.41, 5.74) is 1.37. The molecule has 0 aliphatic carbocycles. The van der Waals surface area contributed by atoms with E-state index in [1.54, 1.807) is 6.07 Å². The number of rotatable bonds is 5. The molecule has 21 heavy (non-hydrogen) atoms. The Balaban J connectivity index is 2.28. The molecular formula is C16H15ClF3N. The molecule has 0 radical (unpaired) electrons. The standard InChI is InChI=1S/C16H15ClF3N/c1-2-21-16(11-4-6-14(19)15(20)7-11)8-10-3-5-12(18)9-13(10)17/h3-7,9,16,21H,2,8H2,1H3. The molecule has 0 amide bonds. The fraction of sp³-hybridized carbons (Fsp3) is 0.250. The average Bonchev–Trinajstić information content (AvgIpc) is 2.44. The quantitative estimate of drug-likeness (QED) is 0.847. The maximum atomic E-state index is 13.4. The monoisotopic (exact) mass is 313 g/mol. The number of hydrogen-bond acceptors (Lipinski definition) is 1. The van der Waals surface area contributed by atoms with Crippen LogP contribution in [-0.2, 0) is 6.42 Å². The Labute approximate surface area is 126 Å². The Bertz CT molecular complexity index is 631. The Hall–Kier alpha value is -1.52.